The Kier molecular flexibility index (Phi) is 8.49. The highest BCUT2D eigenvalue weighted by molar-refractivity contribution is 7.91. The molecule has 0 spiro atoms. The van der Waals surface area contributed by atoms with Crippen molar-refractivity contribution in [2.24, 2.45) is 11.7 Å². The van der Waals surface area contributed by atoms with Gasteiger partial charge in [0.15, 0.2) is 0 Å². The fourth-order valence-electron chi connectivity index (χ4n) is 5.67. The lowest BCUT2D eigenvalue weighted by Crippen LogP contribution is -2.32. The van der Waals surface area contributed by atoms with Crippen LogP contribution in [-0.2, 0) is 33.6 Å². The normalized spacial score (nSPS) is 14.8. The minimum Gasteiger partial charge on any atom is -0.461 e. The van der Waals surface area contributed by atoms with Gasteiger partial charge in [-0.25, -0.2) is 18.2 Å². The number of rotatable bonds is 10. The lowest BCUT2D eigenvalue weighted by Gasteiger charge is -2.28. The molecule has 0 radical (unpaired) electrons. The number of likely N-dealkylation sites (tertiary alicyclic amines) is 1. The van der Waals surface area contributed by atoms with Crippen LogP contribution in [0.1, 0.15) is 40.2 Å². The molecule has 1 fully saturated rings. The van der Waals surface area contributed by atoms with Crippen LogP contribution in [0.15, 0.2) is 71.4 Å². The number of sulfonamides is 1. The summed E-state index contributed by atoms with van der Waals surface area (Å²) in [4.78, 5) is 20.6. The first kappa shape index (κ1) is 29.3. The Labute approximate surface area is 255 Å². The number of aromatic nitrogens is 2. The Morgan fingerprint density at radius 2 is 1.91 bits per heavy atom. The molecule has 1 aliphatic rings. The van der Waals surface area contributed by atoms with Crippen LogP contribution >= 0.6 is 11.3 Å². The van der Waals surface area contributed by atoms with Gasteiger partial charge >= 0.3 is 5.97 Å². The second kappa shape index (κ2) is 12.5. The molecule has 1 aliphatic heterocycles. The standard InChI is InChI=1S/C32H35N5O4S2/c1-36-11-8-22(9-12-36)19-41-32(38)30-16-25-6-7-27(17-33)34-31(25)37(30)18-26-15-28(14-24-4-2-3-5-29(24)26)35-43(39,40)21-23-10-13-42-20-23/h2-7,10,13-16,20,22,35H,8-9,11-12,17-19,21,33H2,1H3. The number of hydrogen-bond donors (Lipinski definition) is 2. The molecule has 2 aromatic carbocycles. The lowest BCUT2D eigenvalue weighted by molar-refractivity contribution is 0.0373. The molecule has 0 unspecified atom stereocenters. The predicted molar refractivity (Wildman–Crippen MR) is 172 cm³/mol. The zero-order chi connectivity index (χ0) is 30.0. The van der Waals surface area contributed by atoms with E-state index in [1.165, 1.54) is 11.3 Å². The number of pyridine rings is 1. The van der Waals surface area contributed by atoms with E-state index in [1.807, 2.05) is 76.0 Å². The van der Waals surface area contributed by atoms with Crippen molar-refractivity contribution in [2.75, 3.05) is 31.5 Å². The van der Waals surface area contributed by atoms with E-state index in [4.69, 9.17) is 15.5 Å². The number of piperidine rings is 1. The van der Waals surface area contributed by atoms with Gasteiger partial charge in [-0.1, -0.05) is 24.3 Å². The van der Waals surface area contributed by atoms with Crippen LogP contribution in [0.3, 0.4) is 0 Å². The van der Waals surface area contributed by atoms with E-state index in [0.717, 1.165) is 53.2 Å². The Hall–Kier alpha value is -3.77. The van der Waals surface area contributed by atoms with Crippen LogP contribution in [-0.4, -0.2) is 55.6 Å². The number of thiophene rings is 1. The van der Waals surface area contributed by atoms with E-state index in [2.05, 4.69) is 16.7 Å². The molecule has 3 aromatic heterocycles. The maximum absolute atomic E-state index is 13.6. The van der Waals surface area contributed by atoms with E-state index >= 15 is 0 Å². The van der Waals surface area contributed by atoms with Gasteiger partial charge in [0.05, 0.1) is 24.6 Å². The zero-order valence-corrected chi connectivity index (χ0v) is 25.7. The van der Waals surface area contributed by atoms with Crippen LogP contribution in [0, 0.1) is 5.92 Å². The van der Waals surface area contributed by atoms with Gasteiger partial charge in [-0.05, 0) is 108 Å². The van der Waals surface area contributed by atoms with Crippen LogP contribution in [0.5, 0.6) is 0 Å². The Morgan fingerprint density at radius 3 is 2.67 bits per heavy atom. The van der Waals surface area contributed by atoms with E-state index in [9.17, 15) is 13.2 Å². The summed E-state index contributed by atoms with van der Waals surface area (Å²) in [6.45, 7) is 2.91. The van der Waals surface area contributed by atoms with Crippen molar-refractivity contribution in [3.8, 4) is 0 Å². The summed E-state index contributed by atoms with van der Waals surface area (Å²) in [5.41, 5.74) is 9.69. The predicted octanol–water partition coefficient (Wildman–Crippen LogP) is 5.20. The summed E-state index contributed by atoms with van der Waals surface area (Å²) < 4.78 is 36.6. The number of nitrogens with one attached hydrogen (secondary N) is 1. The third-order valence-corrected chi connectivity index (χ3v) is 9.99. The van der Waals surface area contributed by atoms with Crippen molar-refractivity contribution in [3.05, 3.63) is 93.9 Å². The van der Waals surface area contributed by atoms with Crippen molar-refractivity contribution in [2.45, 2.75) is 31.7 Å². The molecule has 0 saturated carbocycles. The highest BCUT2D eigenvalue weighted by atomic mass is 32.2. The topological polar surface area (TPSA) is 120 Å². The van der Waals surface area contributed by atoms with Crippen molar-refractivity contribution < 1.29 is 17.9 Å². The van der Waals surface area contributed by atoms with E-state index in [0.29, 0.717) is 35.2 Å². The Morgan fingerprint density at radius 1 is 1.09 bits per heavy atom. The van der Waals surface area contributed by atoms with E-state index in [-0.39, 0.29) is 18.8 Å². The van der Waals surface area contributed by atoms with Crippen molar-refractivity contribution in [1.29, 1.82) is 0 Å². The average molecular weight is 618 g/mol. The van der Waals surface area contributed by atoms with Crippen LogP contribution < -0.4 is 10.5 Å². The molecular weight excluding hydrogens is 583 g/mol. The molecule has 43 heavy (non-hydrogen) atoms. The molecule has 0 amide bonds. The molecule has 5 aromatic rings. The minimum absolute atomic E-state index is 0.111. The third kappa shape index (κ3) is 6.75. The second-order valence-electron chi connectivity index (χ2n) is 11.2. The smallest absolute Gasteiger partial charge is 0.355 e. The molecule has 9 nitrogen and oxygen atoms in total. The number of ether oxygens (including phenoxy) is 1. The maximum Gasteiger partial charge on any atom is 0.355 e. The van der Waals surface area contributed by atoms with E-state index < -0.39 is 16.0 Å². The summed E-state index contributed by atoms with van der Waals surface area (Å²) in [6.07, 6.45) is 1.99. The summed E-state index contributed by atoms with van der Waals surface area (Å²) in [7, 11) is -1.54. The summed E-state index contributed by atoms with van der Waals surface area (Å²) in [6, 6.07) is 18.9. The van der Waals surface area contributed by atoms with Gasteiger partial charge in [0.2, 0.25) is 10.0 Å². The number of anilines is 1. The van der Waals surface area contributed by atoms with Gasteiger partial charge in [-0.15, -0.1) is 0 Å². The van der Waals surface area contributed by atoms with Crippen LogP contribution in [0.2, 0.25) is 0 Å². The number of benzene rings is 2. The monoisotopic (exact) mass is 617 g/mol. The lowest BCUT2D eigenvalue weighted by atomic mass is 9.98. The Bertz CT molecular complexity index is 1860. The molecule has 0 aliphatic carbocycles. The molecule has 1 saturated heterocycles. The number of nitrogens with zero attached hydrogens (tertiary/aromatic N) is 3. The maximum atomic E-state index is 13.6. The van der Waals surface area contributed by atoms with Gasteiger partial charge in [-0.3, -0.25) is 4.72 Å². The largest absolute Gasteiger partial charge is 0.461 e. The average Bonchev–Trinajstić information content (AvgIpc) is 3.63. The second-order valence-corrected chi connectivity index (χ2v) is 13.7. The first-order valence-corrected chi connectivity index (χ1v) is 17.0. The van der Waals surface area contributed by atoms with Gasteiger partial charge in [0.1, 0.15) is 11.3 Å². The third-order valence-electron chi connectivity index (χ3n) is 7.99. The first-order chi connectivity index (χ1) is 20.8. The van der Waals surface area contributed by atoms with Gasteiger partial charge < -0.3 is 19.9 Å². The number of fused-ring (bicyclic) bond motifs is 2. The summed E-state index contributed by atoms with van der Waals surface area (Å²) in [5.74, 6) is -0.175. The number of esters is 1. The first-order valence-electron chi connectivity index (χ1n) is 14.4. The van der Waals surface area contributed by atoms with Gasteiger partial charge in [0, 0.05) is 17.6 Å². The van der Waals surface area contributed by atoms with Crippen LogP contribution in [0.25, 0.3) is 21.8 Å². The zero-order valence-electron chi connectivity index (χ0n) is 24.0. The van der Waals surface area contributed by atoms with Gasteiger partial charge in [0.25, 0.3) is 0 Å². The molecule has 3 N–H and O–H groups in total. The Balaban J connectivity index is 1.35. The molecule has 11 heteroatoms. The highest BCUT2D eigenvalue weighted by Crippen LogP contribution is 2.29. The fourth-order valence-corrected chi connectivity index (χ4v) is 7.61. The van der Waals surface area contributed by atoms with E-state index in [1.54, 1.807) is 0 Å². The van der Waals surface area contributed by atoms with Crippen molar-refractivity contribution in [3.63, 3.8) is 0 Å². The highest BCUT2D eigenvalue weighted by Gasteiger charge is 2.23. The number of nitrogens with two attached hydrogens (primary N) is 1. The summed E-state index contributed by atoms with van der Waals surface area (Å²) in [5, 5.41) is 6.33. The SMILES string of the molecule is CN1CCC(COC(=O)c2cc3ccc(CN)nc3n2Cc2cc(NS(=O)(=O)Cc3ccsc3)cc3ccccc23)CC1. The number of carbonyl (C=O) groups excluding carboxylic acids is 1. The van der Waals surface area contributed by atoms with Crippen molar-refractivity contribution in [1.82, 2.24) is 14.5 Å². The molecular formula is C32H35N5O4S2. The molecule has 4 heterocycles. The summed E-state index contributed by atoms with van der Waals surface area (Å²) >= 11 is 1.46. The number of carbonyl (C=O) groups is 1. The molecule has 224 valence electrons. The minimum atomic E-state index is -3.65. The molecule has 0 bridgehead atoms. The molecule has 0 atom stereocenters. The number of hydrogen-bond acceptors (Lipinski definition) is 8. The van der Waals surface area contributed by atoms with Crippen LogP contribution in [0.4, 0.5) is 5.69 Å². The van der Waals surface area contributed by atoms with Crippen molar-refractivity contribution >= 4 is 54.8 Å². The quantitative estimate of drug-likeness (QED) is 0.207. The van der Waals surface area contributed by atoms with Gasteiger partial charge in [-0.2, -0.15) is 11.3 Å². The molecule has 6 rings (SSSR count). The fraction of sp³-hybridized carbons (Fsp3) is 0.312.